The summed E-state index contributed by atoms with van der Waals surface area (Å²) in [5.74, 6) is 0.543. The van der Waals surface area contributed by atoms with Gasteiger partial charge in [-0.05, 0) is 24.0 Å². The van der Waals surface area contributed by atoms with Gasteiger partial charge < -0.3 is 5.11 Å². The Morgan fingerprint density at radius 2 is 2.00 bits per heavy atom. The maximum atomic E-state index is 9.31. The number of hydrogen-bond donors (Lipinski definition) is 1. The van der Waals surface area contributed by atoms with Gasteiger partial charge in [-0.25, -0.2) is 0 Å². The number of aliphatic hydroxyl groups is 1. The molecule has 0 saturated carbocycles. The summed E-state index contributed by atoms with van der Waals surface area (Å²) in [6, 6.07) is 5.97. The van der Waals surface area contributed by atoms with E-state index in [9.17, 15) is 5.11 Å². The first-order valence-corrected chi connectivity index (χ1v) is 5.31. The van der Waals surface area contributed by atoms with Crippen molar-refractivity contribution >= 4 is 11.6 Å². The van der Waals surface area contributed by atoms with Gasteiger partial charge in [-0.15, -0.1) is 0 Å². The molecule has 1 N–H and O–H groups in total. The lowest BCUT2D eigenvalue weighted by atomic mass is 9.88. The van der Waals surface area contributed by atoms with E-state index in [2.05, 4.69) is 13.8 Å². The van der Waals surface area contributed by atoms with Crippen molar-refractivity contribution in [2.75, 3.05) is 6.61 Å². The third-order valence-electron chi connectivity index (χ3n) is 2.62. The van der Waals surface area contributed by atoms with Crippen LogP contribution in [0.5, 0.6) is 0 Å². The van der Waals surface area contributed by atoms with Gasteiger partial charge in [-0.2, -0.15) is 0 Å². The zero-order chi connectivity index (χ0) is 10.7. The van der Waals surface area contributed by atoms with E-state index in [-0.39, 0.29) is 12.5 Å². The van der Waals surface area contributed by atoms with E-state index in [4.69, 9.17) is 11.6 Å². The SMILES string of the molecule is Cc1cccc(C(CO)C(C)C)c1Cl. The number of hydrogen-bond acceptors (Lipinski definition) is 1. The van der Waals surface area contributed by atoms with Gasteiger partial charge >= 0.3 is 0 Å². The van der Waals surface area contributed by atoms with Gasteiger partial charge in [0.25, 0.3) is 0 Å². The Morgan fingerprint density at radius 3 is 2.50 bits per heavy atom. The number of rotatable bonds is 3. The molecule has 0 heterocycles. The van der Waals surface area contributed by atoms with Gasteiger partial charge in [-0.3, -0.25) is 0 Å². The molecule has 0 radical (unpaired) electrons. The molecule has 2 heteroatoms. The number of halogens is 1. The lowest BCUT2D eigenvalue weighted by molar-refractivity contribution is 0.237. The molecular formula is C12H17ClO. The molecule has 1 atom stereocenters. The second-order valence-electron chi connectivity index (χ2n) is 4.01. The van der Waals surface area contributed by atoms with Crippen LogP contribution in [0, 0.1) is 12.8 Å². The summed E-state index contributed by atoms with van der Waals surface area (Å²) in [6.45, 7) is 6.33. The highest BCUT2D eigenvalue weighted by molar-refractivity contribution is 6.32. The fourth-order valence-electron chi connectivity index (χ4n) is 1.62. The van der Waals surface area contributed by atoms with Crippen molar-refractivity contribution in [1.29, 1.82) is 0 Å². The van der Waals surface area contributed by atoms with Crippen LogP contribution >= 0.6 is 11.6 Å². The van der Waals surface area contributed by atoms with Crippen LogP contribution in [0.4, 0.5) is 0 Å². The van der Waals surface area contributed by atoms with Crippen LogP contribution in [0.2, 0.25) is 5.02 Å². The minimum atomic E-state index is 0.141. The molecule has 1 aromatic carbocycles. The highest BCUT2D eigenvalue weighted by Gasteiger charge is 2.17. The average molecular weight is 213 g/mol. The second kappa shape index (κ2) is 4.81. The molecule has 1 aromatic rings. The molecule has 0 aromatic heterocycles. The summed E-state index contributed by atoms with van der Waals surface area (Å²) < 4.78 is 0. The Kier molecular flexibility index (Phi) is 3.97. The first kappa shape index (κ1) is 11.5. The summed E-state index contributed by atoms with van der Waals surface area (Å²) >= 11 is 6.20. The molecule has 0 spiro atoms. The molecule has 1 unspecified atom stereocenters. The van der Waals surface area contributed by atoms with E-state index >= 15 is 0 Å². The molecule has 0 aliphatic carbocycles. The van der Waals surface area contributed by atoms with Crippen molar-refractivity contribution in [1.82, 2.24) is 0 Å². The summed E-state index contributed by atoms with van der Waals surface area (Å²) in [5.41, 5.74) is 2.13. The molecule has 0 bridgehead atoms. The Hall–Kier alpha value is -0.530. The highest BCUT2D eigenvalue weighted by Crippen LogP contribution is 2.31. The van der Waals surface area contributed by atoms with Crippen LogP contribution in [0.3, 0.4) is 0 Å². The monoisotopic (exact) mass is 212 g/mol. The van der Waals surface area contributed by atoms with Gasteiger partial charge in [0.1, 0.15) is 0 Å². The Balaban J connectivity index is 3.10. The zero-order valence-electron chi connectivity index (χ0n) is 8.92. The van der Waals surface area contributed by atoms with Crippen molar-refractivity contribution in [2.24, 2.45) is 5.92 Å². The Bertz CT molecular complexity index is 307. The van der Waals surface area contributed by atoms with Gasteiger partial charge in [0, 0.05) is 10.9 Å². The molecule has 0 saturated heterocycles. The number of aliphatic hydroxyl groups excluding tert-OH is 1. The predicted molar refractivity (Wildman–Crippen MR) is 60.9 cm³/mol. The molecule has 14 heavy (non-hydrogen) atoms. The fraction of sp³-hybridized carbons (Fsp3) is 0.500. The lowest BCUT2D eigenvalue weighted by Gasteiger charge is -2.20. The van der Waals surface area contributed by atoms with Crippen molar-refractivity contribution in [3.05, 3.63) is 34.3 Å². The van der Waals surface area contributed by atoms with Gasteiger partial charge in [-0.1, -0.05) is 43.6 Å². The summed E-state index contributed by atoms with van der Waals surface area (Å²) in [4.78, 5) is 0. The minimum Gasteiger partial charge on any atom is -0.396 e. The normalized spacial score (nSPS) is 13.3. The standard InChI is InChI=1S/C12H17ClO/c1-8(2)11(7-14)10-6-4-5-9(3)12(10)13/h4-6,8,11,14H,7H2,1-3H3. The molecule has 0 fully saturated rings. The van der Waals surface area contributed by atoms with Crippen LogP contribution < -0.4 is 0 Å². The molecule has 0 aliphatic heterocycles. The highest BCUT2D eigenvalue weighted by atomic mass is 35.5. The quantitative estimate of drug-likeness (QED) is 0.815. The summed E-state index contributed by atoms with van der Waals surface area (Å²) in [7, 11) is 0. The van der Waals surface area contributed by atoms with Crippen LogP contribution in [-0.2, 0) is 0 Å². The lowest BCUT2D eigenvalue weighted by Crippen LogP contribution is -2.12. The van der Waals surface area contributed by atoms with E-state index in [1.165, 1.54) is 0 Å². The zero-order valence-corrected chi connectivity index (χ0v) is 9.67. The van der Waals surface area contributed by atoms with Gasteiger partial charge in [0.15, 0.2) is 0 Å². The van der Waals surface area contributed by atoms with Crippen LogP contribution in [0.15, 0.2) is 18.2 Å². The van der Waals surface area contributed by atoms with E-state index in [1.807, 2.05) is 25.1 Å². The van der Waals surface area contributed by atoms with E-state index in [1.54, 1.807) is 0 Å². The molecule has 1 rings (SSSR count). The molecule has 0 aliphatic rings. The van der Waals surface area contributed by atoms with Crippen LogP contribution in [0.1, 0.15) is 30.9 Å². The summed E-state index contributed by atoms with van der Waals surface area (Å²) in [5, 5.41) is 10.1. The molecule has 1 nitrogen and oxygen atoms in total. The smallest absolute Gasteiger partial charge is 0.0502 e. The van der Waals surface area contributed by atoms with E-state index < -0.39 is 0 Å². The Morgan fingerprint density at radius 1 is 1.36 bits per heavy atom. The first-order chi connectivity index (χ1) is 6.57. The number of benzene rings is 1. The topological polar surface area (TPSA) is 20.2 Å². The third-order valence-corrected chi connectivity index (χ3v) is 3.14. The van der Waals surface area contributed by atoms with Crippen LogP contribution in [0.25, 0.3) is 0 Å². The fourth-order valence-corrected chi connectivity index (χ4v) is 1.89. The van der Waals surface area contributed by atoms with E-state index in [0.717, 1.165) is 16.1 Å². The third kappa shape index (κ3) is 2.28. The molecule has 0 amide bonds. The van der Waals surface area contributed by atoms with Crippen molar-refractivity contribution < 1.29 is 5.11 Å². The van der Waals surface area contributed by atoms with E-state index in [0.29, 0.717) is 5.92 Å². The first-order valence-electron chi connectivity index (χ1n) is 4.93. The van der Waals surface area contributed by atoms with Gasteiger partial charge in [0.05, 0.1) is 6.61 Å². The minimum absolute atomic E-state index is 0.141. The Labute approximate surface area is 90.7 Å². The molecular weight excluding hydrogens is 196 g/mol. The van der Waals surface area contributed by atoms with Gasteiger partial charge in [0.2, 0.25) is 0 Å². The largest absolute Gasteiger partial charge is 0.396 e. The van der Waals surface area contributed by atoms with Crippen molar-refractivity contribution in [3.8, 4) is 0 Å². The van der Waals surface area contributed by atoms with Crippen LogP contribution in [-0.4, -0.2) is 11.7 Å². The maximum absolute atomic E-state index is 9.31. The second-order valence-corrected chi connectivity index (χ2v) is 4.39. The van der Waals surface area contributed by atoms with Crippen molar-refractivity contribution in [2.45, 2.75) is 26.7 Å². The average Bonchev–Trinajstić information content (AvgIpc) is 2.13. The maximum Gasteiger partial charge on any atom is 0.0502 e. The predicted octanol–water partition coefficient (Wildman–Crippen LogP) is 3.38. The van der Waals surface area contributed by atoms with Crippen molar-refractivity contribution in [3.63, 3.8) is 0 Å². The molecule has 78 valence electrons. The number of aryl methyl sites for hydroxylation is 1. The summed E-state index contributed by atoms with van der Waals surface area (Å²) in [6.07, 6.45) is 0.